The standard InChI is InChI=1S/C24H26N4O6S2/c1-16-3-6-19(13-17(16)2)28-23(21-14-35(30,31)15-22(21)26-28)25-24(29)18-4-7-20(8-5-18)36(32,33)27-9-11-34-12-10-27/h3-8,13H,9-12,14-15H2,1-2H3,(H,25,29). The van der Waals surface area contributed by atoms with E-state index in [0.29, 0.717) is 36.0 Å². The van der Waals surface area contributed by atoms with Gasteiger partial charge in [-0.3, -0.25) is 4.79 Å². The van der Waals surface area contributed by atoms with Crippen LogP contribution in [0.25, 0.3) is 5.69 Å². The molecule has 1 aromatic heterocycles. The molecule has 5 rings (SSSR count). The highest BCUT2D eigenvalue weighted by Crippen LogP contribution is 2.33. The summed E-state index contributed by atoms with van der Waals surface area (Å²) in [7, 11) is -7.02. The molecule has 36 heavy (non-hydrogen) atoms. The van der Waals surface area contributed by atoms with Gasteiger partial charge in [0.2, 0.25) is 10.0 Å². The van der Waals surface area contributed by atoms with Crippen LogP contribution >= 0.6 is 0 Å². The summed E-state index contributed by atoms with van der Waals surface area (Å²) in [5.74, 6) is -0.594. The average molecular weight is 531 g/mol. The highest BCUT2D eigenvalue weighted by atomic mass is 32.2. The van der Waals surface area contributed by atoms with E-state index >= 15 is 0 Å². The summed E-state index contributed by atoms with van der Waals surface area (Å²) in [6.45, 7) is 5.19. The molecule has 0 saturated carbocycles. The molecule has 0 aliphatic carbocycles. The van der Waals surface area contributed by atoms with Crippen LogP contribution in [-0.2, 0) is 36.1 Å². The molecule has 2 aromatic carbocycles. The zero-order valence-electron chi connectivity index (χ0n) is 19.9. The fraction of sp³-hybridized carbons (Fsp3) is 0.333. The number of benzene rings is 2. The Morgan fingerprint density at radius 2 is 1.69 bits per heavy atom. The van der Waals surface area contributed by atoms with Crippen molar-refractivity contribution in [2.45, 2.75) is 30.2 Å². The lowest BCUT2D eigenvalue weighted by Gasteiger charge is -2.26. The van der Waals surface area contributed by atoms with Gasteiger partial charge >= 0.3 is 0 Å². The maximum Gasteiger partial charge on any atom is 0.256 e. The van der Waals surface area contributed by atoms with E-state index in [0.717, 1.165) is 11.1 Å². The Morgan fingerprint density at radius 1 is 1.00 bits per heavy atom. The van der Waals surface area contributed by atoms with Crippen molar-refractivity contribution in [2.75, 3.05) is 31.6 Å². The summed E-state index contributed by atoms with van der Waals surface area (Å²) < 4.78 is 58.3. The molecule has 1 N–H and O–H groups in total. The van der Waals surface area contributed by atoms with E-state index in [1.54, 1.807) is 4.68 Å². The number of nitrogens with zero attached hydrogens (tertiary/aromatic N) is 3. The minimum atomic E-state index is -3.69. The van der Waals surface area contributed by atoms with Gasteiger partial charge in [-0.05, 0) is 61.4 Å². The molecular formula is C24H26N4O6S2. The minimum Gasteiger partial charge on any atom is -0.379 e. The second kappa shape index (κ2) is 9.11. The number of sulfone groups is 1. The number of rotatable bonds is 5. The maximum absolute atomic E-state index is 13.2. The normalized spacial score (nSPS) is 17.6. The Bertz CT molecular complexity index is 1550. The zero-order chi connectivity index (χ0) is 25.7. The van der Waals surface area contributed by atoms with Crippen LogP contribution in [-0.4, -0.2) is 63.1 Å². The quantitative estimate of drug-likeness (QED) is 0.536. The Hall–Kier alpha value is -3.06. The van der Waals surface area contributed by atoms with Crippen molar-refractivity contribution in [3.8, 4) is 5.69 Å². The van der Waals surface area contributed by atoms with Crippen LogP contribution in [0.1, 0.15) is 32.7 Å². The number of aromatic nitrogens is 2. The van der Waals surface area contributed by atoms with Gasteiger partial charge in [-0.25, -0.2) is 21.5 Å². The molecule has 2 aliphatic rings. The van der Waals surface area contributed by atoms with Crippen molar-refractivity contribution in [1.29, 1.82) is 0 Å². The third-order valence-electron chi connectivity index (χ3n) is 6.48. The zero-order valence-corrected chi connectivity index (χ0v) is 21.5. The lowest BCUT2D eigenvalue weighted by Crippen LogP contribution is -2.40. The number of fused-ring (bicyclic) bond motifs is 1. The van der Waals surface area contributed by atoms with Crippen molar-refractivity contribution in [2.24, 2.45) is 0 Å². The van der Waals surface area contributed by atoms with E-state index in [9.17, 15) is 21.6 Å². The molecule has 12 heteroatoms. The molecule has 0 spiro atoms. The number of carbonyl (C=O) groups is 1. The van der Waals surface area contributed by atoms with Crippen LogP contribution in [0.4, 0.5) is 5.82 Å². The number of amides is 1. The lowest BCUT2D eigenvalue weighted by atomic mass is 10.1. The van der Waals surface area contributed by atoms with E-state index in [2.05, 4.69) is 10.4 Å². The van der Waals surface area contributed by atoms with E-state index in [-0.39, 0.29) is 35.1 Å². The summed E-state index contributed by atoms with van der Waals surface area (Å²) in [5, 5.41) is 7.32. The van der Waals surface area contributed by atoms with E-state index in [4.69, 9.17) is 4.74 Å². The van der Waals surface area contributed by atoms with Crippen molar-refractivity contribution < 1.29 is 26.4 Å². The molecule has 1 amide bonds. The van der Waals surface area contributed by atoms with Crippen LogP contribution in [0.15, 0.2) is 47.4 Å². The summed E-state index contributed by atoms with van der Waals surface area (Å²) in [6, 6.07) is 11.4. The van der Waals surface area contributed by atoms with Gasteiger partial charge in [0, 0.05) is 24.2 Å². The fourth-order valence-corrected chi connectivity index (χ4v) is 7.21. The number of hydrogen-bond acceptors (Lipinski definition) is 7. The second-order valence-electron chi connectivity index (χ2n) is 8.98. The molecule has 1 fully saturated rings. The van der Waals surface area contributed by atoms with Crippen molar-refractivity contribution >= 4 is 31.6 Å². The number of anilines is 1. The van der Waals surface area contributed by atoms with Gasteiger partial charge < -0.3 is 10.1 Å². The number of carbonyl (C=O) groups excluding carboxylic acids is 1. The molecule has 190 valence electrons. The number of aryl methyl sites for hydroxylation is 2. The highest BCUT2D eigenvalue weighted by molar-refractivity contribution is 7.90. The molecule has 0 unspecified atom stereocenters. The topological polar surface area (TPSA) is 128 Å². The molecule has 3 heterocycles. The van der Waals surface area contributed by atoms with Crippen molar-refractivity contribution in [1.82, 2.24) is 14.1 Å². The molecule has 0 atom stereocenters. The maximum atomic E-state index is 13.2. The van der Waals surface area contributed by atoms with Gasteiger partial charge in [0.05, 0.1) is 41.0 Å². The molecule has 1 saturated heterocycles. The van der Waals surface area contributed by atoms with Gasteiger partial charge in [0.1, 0.15) is 5.82 Å². The van der Waals surface area contributed by atoms with Crippen LogP contribution < -0.4 is 5.32 Å². The molecule has 3 aromatic rings. The first-order chi connectivity index (χ1) is 17.0. The molecule has 2 aliphatic heterocycles. The van der Waals surface area contributed by atoms with E-state index in [1.807, 2.05) is 32.0 Å². The predicted octanol–water partition coefficient (Wildman–Crippen LogP) is 2.19. The third kappa shape index (κ3) is 4.57. The second-order valence-corrected chi connectivity index (χ2v) is 13.0. The van der Waals surface area contributed by atoms with Crippen LogP contribution in [0, 0.1) is 13.8 Å². The molecule has 0 radical (unpaired) electrons. The largest absolute Gasteiger partial charge is 0.379 e. The summed E-state index contributed by atoms with van der Waals surface area (Å²) in [5.41, 5.74) is 3.94. The first-order valence-electron chi connectivity index (χ1n) is 11.4. The van der Waals surface area contributed by atoms with Crippen LogP contribution in [0.3, 0.4) is 0 Å². The van der Waals surface area contributed by atoms with Gasteiger partial charge in [-0.2, -0.15) is 9.40 Å². The number of sulfonamides is 1. The predicted molar refractivity (Wildman–Crippen MR) is 133 cm³/mol. The number of morpholine rings is 1. The van der Waals surface area contributed by atoms with Gasteiger partial charge in [-0.15, -0.1) is 0 Å². The van der Waals surface area contributed by atoms with Crippen molar-refractivity contribution in [3.63, 3.8) is 0 Å². The van der Waals surface area contributed by atoms with Gasteiger partial charge in [0.25, 0.3) is 5.91 Å². The highest BCUT2D eigenvalue weighted by Gasteiger charge is 2.33. The fourth-order valence-electron chi connectivity index (χ4n) is 4.31. The summed E-state index contributed by atoms with van der Waals surface area (Å²) in [6.07, 6.45) is 0. The Balaban J connectivity index is 1.45. The Labute approximate surface area is 209 Å². The molecular weight excluding hydrogens is 504 g/mol. The lowest BCUT2D eigenvalue weighted by molar-refractivity contribution is 0.0730. The van der Waals surface area contributed by atoms with Crippen molar-refractivity contribution in [3.05, 3.63) is 70.4 Å². The monoisotopic (exact) mass is 530 g/mol. The minimum absolute atomic E-state index is 0.0908. The third-order valence-corrected chi connectivity index (χ3v) is 9.83. The molecule has 0 bridgehead atoms. The van der Waals surface area contributed by atoms with Gasteiger partial charge in [-0.1, -0.05) is 6.07 Å². The Kier molecular flexibility index (Phi) is 6.23. The Morgan fingerprint density at radius 3 is 2.36 bits per heavy atom. The average Bonchev–Trinajstić information content (AvgIpc) is 3.33. The number of hydrogen-bond donors (Lipinski definition) is 1. The smallest absolute Gasteiger partial charge is 0.256 e. The van der Waals surface area contributed by atoms with E-state index in [1.165, 1.54) is 28.6 Å². The van der Waals surface area contributed by atoms with Crippen LogP contribution in [0.2, 0.25) is 0 Å². The van der Waals surface area contributed by atoms with E-state index < -0.39 is 25.8 Å². The summed E-state index contributed by atoms with van der Waals surface area (Å²) in [4.78, 5) is 13.3. The summed E-state index contributed by atoms with van der Waals surface area (Å²) >= 11 is 0. The molecule has 10 nitrogen and oxygen atoms in total. The first-order valence-corrected chi connectivity index (χ1v) is 14.7. The number of ether oxygens (including phenoxy) is 1. The van der Waals surface area contributed by atoms with Crippen LogP contribution in [0.5, 0.6) is 0 Å². The first kappa shape index (κ1) is 24.6. The SMILES string of the molecule is Cc1ccc(-n2nc3c(c2NC(=O)c2ccc(S(=O)(=O)N4CCOCC4)cc2)CS(=O)(=O)C3)cc1C. The number of nitrogens with one attached hydrogen (secondary N) is 1. The van der Waals surface area contributed by atoms with Gasteiger partial charge in [0.15, 0.2) is 9.84 Å².